The molecule has 2 N–H and O–H groups in total. The fourth-order valence-corrected chi connectivity index (χ4v) is 2.96. The first kappa shape index (κ1) is 17.4. The lowest BCUT2D eigenvalue weighted by Crippen LogP contribution is -2.34. The molecule has 2 unspecified atom stereocenters. The van der Waals surface area contributed by atoms with Crippen molar-refractivity contribution in [2.45, 2.75) is 36.3 Å². The molecule has 0 radical (unpaired) electrons. The van der Waals surface area contributed by atoms with E-state index in [0.29, 0.717) is 12.8 Å². The molecule has 1 aromatic carbocycles. The topological polar surface area (TPSA) is 49.3 Å². The van der Waals surface area contributed by atoms with Crippen molar-refractivity contribution in [3.05, 3.63) is 35.9 Å². The van der Waals surface area contributed by atoms with Crippen LogP contribution in [0.2, 0.25) is 0 Å². The fourth-order valence-electron chi connectivity index (χ4n) is 1.94. The molecule has 112 valence electrons. The minimum atomic E-state index is 0.0257. The van der Waals surface area contributed by atoms with Crippen LogP contribution in [0.25, 0.3) is 0 Å². The van der Waals surface area contributed by atoms with Crippen molar-refractivity contribution < 1.29 is 9.90 Å². The third-order valence-electron chi connectivity index (χ3n) is 2.97. The molecule has 0 fully saturated rings. The van der Waals surface area contributed by atoms with Crippen LogP contribution in [0.1, 0.15) is 24.8 Å². The van der Waals surface area contributed by atoms with Crippen LogP contribution in [0.4, 0.5) is 0 Å². The van der Waals surface area contributed by atoms with Crippen LogP contribution in [-0.4, -0.2) is 34.5 Å². The van der Waals surface area contributed by atoms with Gasteiger partial charge in [-0.1, -0.05) is 30.3 Å². The summed E-state index contributed by atoms with van der Waals surface area (Å²) in [4.78, 5) is 11.9. The van der Waals surface area contributed by atoms with Crippen molar-refractivity contribution >= 4 is 30.3 Å². The summed E-state index contributed by atoms with van der Waals surface area (Å²) in [6.07, 6.45) is 4.66. The van der Waals surface area contributed by atoms with Crippen molar-refractivity contribution in [3.8, 4) is 0 Å². The normalized spacial score (nSPS) is 13.8. The summed E-state index contributed by atoms with van der Waals surface area (Å²) in [5.41, 5.74) is 1.20. The van der Waals surface area contributed by atoms with Gasteiger partial charge in [0.25, 0.3) is 0 Å². The minimum Gasteiger partial charge on any atom is -0.396 e. The van der Waals surface area contributed by atoms with E-state index < -0.39 is 0 Å². The molecule has 1 aromatic rings. The summed E-state index contributed by atoms with van der Waals surface area (Å²) in [7, 11) is 0. The number of rotatable bonds is 9. The number of amides is 1. The number of carbonyl (C=O) groups is 1. The van der Waals surface area contributed by atoms with Gasteiger partial charge in [0, 0.05) is 18.3 Å². The van der Waals surface area contributed by atoms with Crippen LogP contribution >= 0.6 is 24.4 Å². The van der Waals surface area contributed by atoms with Crippen molar-refractivity contribution in [2.24, 2.45) is 0 Å². The van der Waals surface area contributed by atoms with Crippen LogP contribution in [0, 0.1) is 0 Å². The number of aliphatic hydroxyl groups excluding tert-OH is 1. The maximum Gasteiger partial charge on any atom is 0.221 e. The van der Waals surface area contributed by atoms with Crippen LogP contribution < -0.4 is 5.32 Å². The fraction of sp³-hybridized carbons (Fsp3) is 0.533. The molecule has 20 heavy (non-hydrogen) atoms. The lowest BCUT2D eigenvalue weighted by atomic mass is 10.1. The highest BCUT2D eigenvalue weighted by molar-refractivity contribution is 7.99. The van der Waals surface area contributed by atoms with Crippen LogP contribution in [0.3, 0.4) is 0 Å². The average molecular weight is 313 g/mol. The summed E-state index contributed by atoms with van der Waals surface area (Å²) in [5, 5.41) is 11.9. The maximum absolute atomic E-state index is 11.9. The molecule has 0 bridgehead atoms. The van der Waals surface area contributed by atoms with Gasteiger partial charge in [-0.05, 0) is 31.1 Å². The van der Waals surface area contributed by atoms with E-state index in [1.165, 1.54) is 5.56 Å². The average Bonchev–Trinajstić information content (AvgIpc) is 2.44. The van der Waals surface area contributed by atoms with E-state index in [4.69, 9.17) is 5.11 Å². The third kappa shape index (κ3) is 7.22. The SMILES string of the molecule is CSC(CCCO)NC(=O)CC(S)Cc1ccccc1. The third-order valence-corrected chi connectivity index (χ3v) is 4.25. The van der Waals surface area contributed by atoms with Gasteiger partial charge in [-0.2, -0.15) is 12.6 Å². The molecule has 0 heterocycles. The summed E-state index contributed by atoms with van der Waals surface area (Å²) in [6, 6.07) is 10.1. The first-order valence-electron chi connectivity index (χ1n) is 6.80. The van der Waals surface area contributed by atoms with Crippen LogP contribution in [-0.2, 0) is 11.2 Å². The second-order valence-electron chi connectivity index (χ2n) is 4.71. The van der Waals surface area contributed by atoms with E-state index in [1.54, 1.807) is 11.8 Å². The largest absolute Gasteiger partial charge is 0.396 e. The quantitative estimate of drug-likeness (QED) is 0.485. The number of hydrogen-bond donors (Lipinski definition) is 3. The zero-order chi connectivity index (χ0) is 14.8. The van der Waals surface area contributed by atoms with Gasteiger partial charge < -0.3 is 10.4 Å². The number of nitrogens with one attached hydrogen (secondary N) is 1. The van der Waals surface area contributed by atoms with Crippen molar-refractivity contribution in [1.29, 1.82) is 0 Å². The lowest BCUT2D eigenvalue weighted by molar-refractivity contribution is -0.121. The van der Waals surface area contributed by atoms with Crippen LogP contribution in [0.15, 0.2) is 30.3 Å². The highest BCUT2D eigenvalue weighted by atomic mass is 32.2. The van der Waals surface area contributed by atoms with Gasteiger partial charge in [-0.15, -0.1) is 11.8 Å². The van der Waals surface area contributed by atoms with Gasteiger partial charge in [0.2, 0.25) is 5.91 Å². The van der Waals surface area contributed by atoms with Crippen molar-refractivity contribution in [3.63, 3.8) is 0 Å². The second-order valence-corrected chi connectivity index (χ2v) is 6.48. The molecule has 0 aromatic heterocycles. The van der Waals surface area contributed by atoms with E-state index in [-0.39, 0.29) is 23.1 Å². The number of carbonyl (C=O) groups excluding carboxylic acids is 1. The van der Waals surface area contributed by atoms with E-state index >= 15 is 0 Å². The molecule has 2 atom stereocenters. The Morgan fingerprint density at radius 3 is 2.70 bits per heavy atom. The van der Waals surface area contributed by atoms with E-state index in [0.717, 1.165) is 12.8 Å². The Morgan fingerprint density at radius 2 is 2.10 bits per heavy atom. The Hall–Kier alpha value is -0.650. The molecule has 0 aliphatic carbocycles. The Morgan fingerprint density at radius 1 is 1.40 bits per heavy atom. The molecule has 1 rings (SSSR count). The number of thioether (sulfide) groups is 1. The number of benzene rings is 1. The summed E-state index contributed by atoms with van der Waals surface area (Å²) >= 11 is 6.10. The Bertz CT molecular complexity index is 387. The van der Waals surface area contributed by atoms with Gasteiger partial charge in [-0.3, -0.25) is 4.79 Å². The molecule has 0 saturated heterocycles. The molecular weight excluding hydrogens is 290 g/mol. The van der Waals surface area contributed by atoms with Gasteiger partial charge in [0.1, 0.15) is 0 Å². The first-order valence-corrected chi connectivity index (χ1v) is 8.61. The molecule has 1 amide bonds. The predicted molar refractivity (Wildman–Crippen MR) is 89.3 cm³/mol. The summed E-state index contributed by atoms with van der Waals surface area (Å²) in [5.74, 6) is 0.0261. The zero-order valence-corrected chi connectivity index (χ0v) is 13.5. The first-order chi connectivity index (χ1) is 9.65. The standard InChI is InChI=1S/C15H23NO2S2/c1-20-15(8-5-9-17)16-14(18)11-13(19)10-12-6-3-2-4-7-12/h2-4,6-7,13,15,17,19H,5,8-11H2,1H3,(H,16,18). The Kier molecular flexibility index (Phi) is 8.82. The van der Waals surface area contributed by atoms with Crippen molar-refractivity contribution in [1.82, 2.24) is 5.32 Å². The molecule has 0 aliphatic rings. The monoisotopic (exact) mass is 313 g/mol. The highest BCUT2D eigenvalue weighted by Gasteiger charge is 2.14. The number of hydrogen-bond acceptors (Lipinski definition) is 4. The van der Waals surface area contributed by atoms with E-state index in [2.05, 4.69) is 17.9 Å². The molecular formula is C15H23NO2S2. The smallest absolute Gasteiger partial charge is 0.221 e. The minimum absolute atomic E-state index is 0.0257. The number of thiol groups is 1. The Labute approximate surface area is 130 Å². The lowest BCUT2D eigenvalue weighted by Gasteiger charge is -2.17. The summed E-state index contributed by atoms with van der Waals surface area (Å²) < 4.78 is 0. The van der Waals surface area contributed by atoms with Gasteiger partial charge in [0.15, 0.2) is 0 Å². The molecule has 0 saturated carbocycles. The predicted octanol–water partition coefficient (Wildman–Crippen LogP) is 2.50. The molecule has 3 nitrogen and oxygen atoms in total. The molecule has 5 heteroatoms. The molecule has 0 spiro atoms. The van der Waals surface area contributed by atoms with Crippen LogP contribution in [0.5, 0.6) is 0 Å². The molecule has 0 aliphatic heterocycles. The number of aliphatic hydroxyl groups is 1. The van der Waals surface area contributed by atoms with Gasteiger partial charge in [0.05, 0.1) is 5.37 Å². The highest BCUT2D eigenvalue weighted by Crippen LogP contribution is 2.13. The zero-order valence-electron chi connectivity index (χ0n) is 11.8. The van der Waals surface area contributed by atoms with Gasteiger partial charge >= 0.3 is 0 Å². The Balaban J connectivity index is 2.33. The maximum atomic E-state index is 11.9. The van der Waals surface area contributed by atoms with E-state index in [9.17, 15) is 4.79 Å². The van der Waals surface area contributed by atoms with Crippen molar-refractivity contribution in [2.75, 3.05) is 12.9 Å². The second kappa shape index (κ2) is 10.1. The summed E-state index contributed by atoms with van der Waals surface area (Å²) in [6.45, 7) is 0.163. The van der Waals surface area contributed by atoms with Gasteiger partial charge in [-0.25, -0.2) is 0 Å². The van der Waals surface area contributed by atoms with E-state index in [1.807, 2.05) is 36.6 Å².